The minimum Gasteiger partial charge on any atom is -0.494 e. The van der Waals surface area contributed by atoms with Crippen LogP contribution < -0.4 is 4.74 Å². The third-order valence-electron chi connectivity index (χ3n) is 3.57. The van der Waals surface area contributed by atoms with Gasteiger partial charge in [0.05, 0.1) is 17.6 Å². The molecule has 1 N–H and O–H groups in total. The highest BCUT2D eigenvalue weighted by Crippen LogP contribution is 2.33. The zero-order chi connectivity index (χ0) is 15.5. The van der Waals surface area contributed by atoms with Gasteiger partial charge in [-0.05, 0) is 30.4 Å². The number of halogens is 1. The molecule has 1 aromatic carbocycles. The van der Waals surface area contributed by atoms with Crippen LogP contribution in [-0.2, 0) is 0 Å². The molecule has 0 fully saturated rings. The van der Waals surface area contributed by atoms with Crippen molar-refractivity contribution in [1.82, 2.24) is 9.97 Å². The van der Waals surface area contributed by atoms with Crippen LogP contribution in [0.1, 0.15) is 27.7 Å². The Kier molecular flexibility index (Phi) is 5.60. The molecule has 1 aromatic heterocycles. The molecule has 0 spiro atoms. The molecular weight excluding hydrogens is 348 g/mol. The number of aromatic amines is 1. The van der Waals surface area contributed by atoms with Crippen LogP contribution in [0.4, 0.5) is 0 Å². The molecule has 0 radical (unpaired) electrons. The number of hydrogen-bond donors (Lipinski definition) is 1. The first kappa shape index (κ1) is 16.7. The molecule has 0 amide bonds. The molecule has 116 valence electrons. The fourth-order valence-electron chi connectivity index (χ4n) is 2.00. The van der Waals surface area contributed by atoms with Gasteiger partial charge in [-0.1, -0.05) is 48.5 Å². The topological polar surface area (TPSA) is 37.9 Å². The van der Waals surface area contributed by atoms with E-state index in [0.29, 0.717) is 17.9 Å². The molecular formula is C16H23BrN2OS. The minimum absolute atomic E-state index is 0.296. The molecule has 0 bridgehead atoms. The highest BCUT2D eigenvalue weighted by Gasteiger charge is 2.24. The number of nitrogens with one attached hydrogen (secondary N) is 1. The van der Waals surface area contributed by atoms with Crippen LogP contribution >= 0.6 is 27.7 Å². The number of hydrogen-bond acceptors (Lipinski definition) is 3. The van der Waals surface area contributed by atoms with E-state index in [-0.39, 0.29) is 0 Å². The van der Waals surface area contributed by atoms with Crippen LogP contribution in [0.25, 0.3) is 11.0 Å². The van der Waals surface area contributed by atoms with Crippen molar-refractivity contribution in [2.75, 3.05) is 17.7 Å². The van der Waals surface area contributed by atoms with E-state index < -0.39 is 0 Å². The fourth-order valence-corrected chi connectivity index (χ4v) is 4.82. The number of aromatic nitrogens is 2. The van der Waals surface area contributed by atoms with E-state index in [0.717, 1.165) is 33.0 Å². The van der Waals surface area contributed by atoms with Crippen molar-refractivity contribution in [3.05, 3.63) is 18.2 Å². The number of thioether (sulfide) groups is 1. The Morgan fingerprint density at radius 1 is 1.38 bits per heavy atom. The molecule has 1 heterocycles. The van der Waals surface area contributed by atoms with E-state index >= 15 is 0 Å². The molecule has 5 heteroatoms. The van der Waals surface area contributed by atoms with Crippen molar-refractivity contribution in [2.45, 2.75) is 32.9 Å². The Hall–Kier alpha value is -0.680. The van der Waals surface area contributed by atoms with Crippen molar-refractivity contribution < 1.29 is 4.74 Å². The molecule has 0 aliphatic heterocycles. The van der Waals surface area contributed by atoms with E-state index in [1.165, 1.54) is 0 Å². The van der Waals surface area contributed by atoms with Crippen molar-refractivity contribution >= 4 is 38.7 Å². The molecule has 2 aromatic rings. The maximum atomic E-state index is 5.52. The van der Waals surface area contributed by atoms with Crippen molar-refractivity contribution in [3.8, 4) is 5.75 Å². The average molecular weight is 371 g/mol. The summed E-state index contributed by atoms with van der Waals surface area (Å²) < 4.78 is 5.52. The molecule has 1 atom stereocenters. The second kappa shape index (κ2) is 7.05. The summed E-state index contributed by atoms with van der Waals surface area (Å²) in [5.74, 6) is 2.54. The SMILES string of the molecule is CCOc1ccc2nc(SCC(CBr)C(C)(C)C)[nH]c2c1. The van der Waals surface area contributed by atoms with Gasteiger partial charge in [0.1, 0.15) is 5.75 Å². The third kappa shape index (κ3) is 4.39. The van der Waals surface area contributed by atoms with Gasteiger partial charge in [-0.25, -0.2) is 4.98 Å². The maximum absolute atomic E-state index is 5.52. The van der Waals surface area contributed by atoms with Crippen LogP contribution in [-0.4, -0.2) is 27.7 Å². The van der Waals surface area contributed by atoms with E-state index in [2.05, 4.69) is 46.7 Å². The highest BCUT2D eigenvalue weighted by molar-refractivity contribution is 9.09. The smallest absolute Gasteiger partial charge is 0.166 e. The second-order valence-corrected chi connectivity index (χ2v) is 7.84. The first-order valence-electron chi connectivity index (χ1n) is 7.25. The van der Waals surface area contributed by atoms with Crippen LogP contribution in [0.2, 0.25) is 0 Å². The van der Waals surface area contributed by atoms with Gasteiger partial charge in [-0.3, -0.25) is 0 Å². The predicted octanol–water partition coefficient (Wildman–Crippen LogP) is 5.11. The van der Waals surface area contributed by atoms with Crippen LogP contribution in [0.5, 0.6) is 5.75 Å². The largest absolute Gasteiger partial charge is 0.494 e. The predicted molar refractivity (Wildman–Crippen MR) is 94.7 cm³/mol. The quantitative estimate of drug-likeness (QED) is 0.566. The molecule has 1 unspecified atom stereocenters. The average Bonchev–Trinajstić information content (AvgIpc) is 2.80. The van der Waals surface area contributed by atoms with E-state index in [9.17, 15) is 0 Å². The van der Waals surface area contributed by atoms with E-state index in [1.807, 2.05) is 25.1 Å². The lowest BCUT2D eigenvalue weighted by Crippen LogP contribution is -2.24. The Balaban J connectivity index is 2.09. The maximum Gasteiger partial charge on any atom is 0.166 e. The summed E-state index contributed by atoms with van der Waals surface area (Å²) in [6.07, 6.45) is 0. The number of fused-ring (bicyclic) bond motifs is 1. The molecule has 0 aliphatic rings. The first-order chi connectivity index (χ1) is 9.94. The Labute approximate surface area is 139 Å². The molecule has 0 saturated carbocycles. The summed E-state index contributed by atoms with van der Waals surface area (Å²) in [6, 6.07) is 5.99. The van der Waals surface area contributed by atoms with Crippen LogP contribution in [0, 0.1) is 11.3 Å². The van der Waals surface area contributed by atoms with Gasteiger partial charge < -0.3 is 9.72 Å². The number of ether oxygens (including phenoxy) is 1. The summed E-state index contributed by atoms with van der Waals surface area (Å²) in [7, 11) is 0. The fraction of sp³-hybridized carbons (Fsp3) is 0.562. The zero-order valence-corrected chi connectivity index (χ0v) is 15.5. The summed E-state index contributed by atoms with van der Waals surface area (Å²) in [5, 5.41) is 1.99. The van der Waals surface area contributed by atoms with Crippen molar-refractivity contribution in [3.63, 3.8) is 0 Å². The van der Waals surface area contributed by atoms with Gasteiger partial charge >= 0.3 is 0 Å². The van der Waals surface area contributed by atoms with E-state index in [1.54, 1.807) is 11.8 Å². The lowest BCUT2D eigenvalue weighted by Gasteiger charge is -2.28. The number of nitrogens with zero attached hydrogens (tertiary/aromatic N) is 1. The minimum atomic E-state index is 0.296. The number of rotatable bonds is 6. The lowest BCUT2D eigenvalue weighted by atomic mass is 9.83. The molecule has 3 nitrogen and oxygen atoms in total. The summed E-state index contributed by atoms with van der Waals surface area (Å²) in [6.45, 7) is 9.52. The normalized spacial score (nSPS) is 13.6. The number of benzene rings is 1. The van der Waals surface area contributed by atoms with Gasteiger partial charge in [-0.15, -0.1) is 0 Å². The Morgan fingerprint density at radius 2 is 2.14 bits per heavy atom. The number of imidazole rings is 1. The van der Waals surface area contributed by atoms with Crippen molar-refractivity contribution in [2.24, 2.45) is 11.3 Å². The van der Waals surface area contributed by atoms with Gasteiger partial charge in [0.25, 0.3) is 0 Å². The van der Waals surface area contributed by atoms with Crippen molar-refractivity contribution in [1.29, 1.82) is 0 Å². The van der Waals surface area contributed by atoms with E-state index in [4.69, 9.17) is 4.74 Å². The van der Waals surface area contributed by atoms with Gasteiger partial charge in [0.15, 0.2) is 5.16 Å². The van der Waals surface area contributed by atoms with Gasteiger partial charge in [0.2, 0.25) is 0 Å². The summed E-state index contributed by atoms with van der Waals surface area (Å²) in [5.41, 5.74) is 2.33. The second-order valence-electron chi connectivity index (χ2n) is 6.18. The first-order valence-corrected chi connectivity index (χ1v) is 9.36. The molecule has 2 rings (SSSR count). The Morgan fingerprint density at radius 3 is 2.76 bits per heavy atom. The molecule has 0 saturated heterocycles. The van der Waals surface area contributed by atoms with Crippen LogP contribution in [0.3, 0.4) is 0 Å². The standard InChI is InChI=1S/C16H23BrN2OS/c1-5-20-12-6-7-13-14(8-12)19-15(18-13)21-10-11(9-17)16(2,3)4/h6-8,11H,5,9-10H2,1-4H3,(H,18,19). The monoisotopic (exact) mass is 370 g/mol. The lowest BCUT2D eigenvalue weighted by molar-refractivity contribution is 0.295. The summed E-state index contributed by atoms with van der Waals surface area (Å²) in [4.78, 5) is 8.02. The molecule has 21 heavy (non-hydrogen) atoms. The van der Waals surface area contributed by atoms with Gasteiger partial charge in [-0.2, -0.15) is 0 Å². The van der Waals surface area contributed by atoms with Crippen LogP contribution in [0.15, 0.2) is 23.4 Å². The van der Waals surface area contributed by atoms with Gasteiger partial charge in [0, 0.05) is 17.1 Å². The Bertz CT molecular complexity index is 591. The highest BCUT2D eigenvalue weighted by atomic mass is 79.9. The number of alkyl halides is 1. The molecule has 0 aliphatic carbocycles. The summed E-state index contributed by atoms with van der Waals surface area (Å²) >= 11 is 5.41. The zero-order valence-electron chi connectivity index (χ0n) is 13.1. The third-order valence-corrected chi connectivity index (χ3v) is 5.39. The number of H-pyrrole nitrogens is 1.